The van der Waals surface area contributed by atoms with Crippen molar-refractivity contribution in [2.75, 3.05) is 33.4 Å². The number of aliphatic hydroxyl groups is 1. The summed E-state index contributed by atoms with van der Waals surface area (Å²) in [5.74, 6) is 0.611. The van der Waals surface area contributed by atoms with Crippen LogP contribution >= 0.6 is 0 Å². The number of aliphatic hydroxyl groups excluding tert-OH is 1. The third kappa shape index (κ3) is 6.31. The summed E-state index contributed by atoms with van der Waals surface area (Å²) in [4.78, 5) is 25.7. The maximum absolute atomic E-state index is 12.0. The summed E-state index contributed by atoms with van der Waals surface area (Å²) in [5.41, 5.74) is 0.525. The van der Waals surface area contributed by atoms with Crippen LogP contribution < -0.4 is 10.1 Å². The molecule has 1 aromatic carbocycles. The molecule has 26 heavy (non-hydrogen) atoms. The van der Waals surface area contributed by atoms with Crippen molar-refractivity contribution < 1.29 is 24.2 Å². The third-order valence-electron chi connectivity index (χ3n) is 4.29. The van der Waals surface area contributed by atoms with Gasteiger partial charge in [-0.05, 0) is 31.2 Å². The van der Waals surface area contributed by atoms with Crippen molar-refractivity contribution in [3.63, 3.8) is 0 Å². The Morgan fingerprint density at radius 1 is 1.27 bits per heavy atom. The lowest BCUT2D eigenvalue weighted by Gasteiger charge is -2.32. The number of nitrogens with zero attached hydrogens (tertiary/aromatic N) is 1. The van der Waals surface area contributed by atoms with Gasteiger partial charge in [0.1, 0.15) is 11.9 Å². The molecule has 0 unspecified atom stereocenters. The highest BCUT2D eigenvalue weighted by atomic mass is 16.5. The lowest BCUT2D eigenvalue weighted by molar-refractivity contribution is -0.133. The number of amides is 2. The van der Waals surface area contributed by atoms with Gasteiger partial charge >= 0.3 is 0 Å². The Morgan fingerprint density at radius 3 is 2.50 bits per heavy atom. The molecule has 2 rings (SSSR count). The highest BCUT2D eigenvalue weighted by molar-refractivity contribution is 5.94. The Labute approximate surface area is 154 Å². The van der Waals surface area contributed by atoms with E-state index in [1.807, 2.05) is 4.90 Å². The highest BCUT2D eigenvalue weighted by Gasteiger charge is 2.23. The van der Waals surface area contributed by atoms with Crippen molar-refractivity contribution in [3.8, 4) is 5.75 Å². The van der Waals surface area contributed by atoms with Crippen LogP contribution in [0.3, 0.4) is 0 Å². The minimum Gasteiger partial charge on any atom is -0.490 e. The molecule has 1 saturated heterocycles. The SMILES string of the molecule is COCCC(=O)N1CCC(Oc2ccc(C(=O)NC[C@@H](C)O)cc2)CC1. The second-order valence-corrected chi connectivity index (χ2v) is 6.52. The Kier molecular flexibility index (Phi) is 7.87. The number of likely N-dealkylation sites (tertiary alicyclic amines) is 1. The van der Waals surface area contributed by atoms with E-state index in [2.05, 4.69) is 5.32 Å². The quantitative estimate of drug-likeness (QED) is 0.724. The van der Waals surface area contributed by atoms with Gasteiger partial charge in [0.25, 0.3) is 5.91 Å². The van der Waals surface area contributed by atoms with Crippen LogP contribution in [0.15, 0.2) is 24.3 Å². The maximum atomic E-state index is 12.0. The summed E-state index contributed by atoms with van der Waals surface area (Å²) in [7, 11) is 1.59. The Bertz CT molecular complexity index is 580. The van der Waals surface area contributed by atoms with Gasteiger partial charge in [0.2, 0.25) is 5.91 Å². The molecule has 0 aliphatic carbocycles. The van der Waals surface area contributed by atoms with Crippen LogP contribution in [0.1, 0.15) is 36.5 Å². The number of hydrogen-bond donors (Lipinski definition) is 2. The number of carbonyl (C=O) groups excluding carboxylic acids is 2. The fourth-order valence-corrected chi connectivity index (χ4v) is 2.79. The molecule has 1 aromatic rings. The summed E-state index contributed by atoms with van der Waals surface area (Å²) in [5, 5.41) is 11.9. The number of hydrogen-bond acceptors (Lipinski definition) is 5. The van der Waals surface area contributed by atoms with Crippen molar-refractivity contribution in [3.05, 3.63) is 29.8 Å². The van der Waals surface area contributed by atoms with E-state index in [4.69, 9.17) is 9.47 Å². The molecule has 1 aliphatic heterocycles. The minimum atomic E-state index is -0.575. The Morgan fingerprint density at radius 2 is 1.92 bits per heavy atom. The smallest absolute Gasteiger partial charge is 0.251 e. The van der Waals surface area contributed by atoms with Crippen LogP contribution in [0, 0.1) is 0 Å². The first kappa shape index (κ1) is 20.2. The average molecular weight is 364 g/mol. The molecule has 0 bridgehead atoms. The minimum absolute atomic E-state index is 0.0661. The first-order chi connectivity index (χ1) is 12.5. The third-order valence-corrected chi connectivity index (χ3v) is 4.29. The van der Waals surface area contributed by atoms with Crippen LogP contribution in [0.4, 0.5) is 0 Å². The van der Waals surface area contributed by atoms with Crippen molar-refractivity contribution in [2.24, 2.45) is 0 Å². The summed E-state index contributed by atoms with van der Waals surface area (Å²) in [6.07, 6.45) is 1.48. The van der Waals surface area contributed by atoms with E-state index in [-0.39, 0.29) is 24.5 Å². The van der Waals surface area contributed by atoms with Crippen LogP contribution in [0.2, 0.25) is 0 Å². The van der Waals surface area contributed by atoms with E-state index in [0.29, 0.717) is 37.4 Å². The van der Waals surface area contributed by atoms with Gasteiger partial charge in [-0.25, -0.2) is 0 Å². The van der Waals surface area contributed by atoms with Gasteiger partial charge in [0.05, 0.1) is 19.1 Å². The predicted molar refractivity (Wildman–Crippen MR) is 97.2 cm³/mol. The summed E-state index contributed by atoms with van der Waals surface area (Å²) < 4.78 is 10.9. The van der Waals surface area contributed by atoms with Gasteiger partial charge in [-0.3, -0.25) is 9.59 Å². The fourth-order valence-electron chi connectivity index (χ4n) is 2.79. The first-order valence-electron chi connectivity index (χ1n) is 8.99. The van der Waals surface area contributed by atoms with Crippen LogP contribution in [-0.4, -0.2) is 67.4 Å². The molecule has 7 heteroatoms. The van der Waals surface area contributed by atoms with Gasteiger partial charge in [-0.2, -0.15) is 0 Å². The zero-order valence-electron chi connectivity index (χ0n) is 15.4. The number of rotatable bonds is 8. The topological polar surface area (TPSA) is 88.1 Å². The molecule has 1 atom stereocenters. The number of methoxy groups -OCH3 is 1. The van der Waals surface area contributed by atoms with Gasteiger partial charge in [-0.1, -0.05) is 0 Å². The molecule has 2 N–H and O–H groups in total. The van der Waals surface area contributed by atoms with Crippen molar-refractivity contribution in [1.29, 1.82) is 0 Å². The van der Waals surface area contributed by atoms with E-state index in [1.165, 1.54) is 0 Å². The molecule has 2 amide bonds. The van der Waals surface area contributed by atoms with Crippen LogP contribution in [0.25, 0.3) is 0 Å². The molecule has 0 spiro atoms. The van der Waals surface area contributed by atoms with Gasteiger partial charge in [0, 0.05) is 45.1 Å². The largest absolute Gasteiger partial charge is 0.490 e. The monoisotopic (exact) mass is 364 g/mol. The normalized spacial score (nSPS) is 16.2. The second kappa shape index (κ2) is 10.1. The van der Waals surface area contributed by atoms with E-state index in [1.54, 1.807) is 38.3 Å². The molecule has 0 saturated carbocycles. The summed E-state index contributed by atoms with van der Waals surface area (Å²) in [6.45, 7) is 3.67. The van der Waals surface area contributed by atoms with Crippen molar-refractivity contribution >= 4 is 11.8 Å². The molecular weight excluding hydrogens is 336 g/mol. The number of ether oxygens (including phenoxy) is 2. The Hall–Kier alpha value is -2.12. The fraction of sp³-hybridized carbons (Fsp3) is 0.579. The summed E-state index contributed by atoms with van der Waals surface area (Å²) in [6, 6.07) is 6.95. The van der Waals surface area contributed by atoms with Gasteiger partial charge < -0.3 is 24.8 Å². The molecule has 0 radical (unpaired) electrons. The van der Waals surface area contributed by atoms with Crippen LogP contribution in [0.5, 0.6) is 5.75 Å². The average Bonchev–Trinajstić information content (AvgIpc) is 2.65. The zero-order chi connectivity index (χ0) is 18.9. The zero-order valence-corrected chi connectivity index (χ0v) is 15.4. The molecule has 1 aliphatic rings. The molecular formula is C19H28N2O5. The van der Waals surface area contributed by atoms with Crippen LogP contribution in [-0.2, 0) is 9.53 Å². The second-order valence-electron chi connectivity index (χ2n) is 6.52. The van der Waals surface area contributed by atoms with Gasteiger partial charge in [0.15, 0.2) is 0 Å². The number of nitrogens with one attached hydrogen (secondary N) is 1. The number of piperidine rings is 1. The predicted octanol–water partition coefficient (Wildman–Crippen LogP) is 1.20. The first-order valence-corrected chi connectivity index (χ1v) is 8.99. The number of carbonyl (C=O) groups is 2. The van der Waals surface area contributed by atoms with E-state index < -0.39 is 6.10 Å². The van der Waals surface area contributed by atoms with E-state index in [9.17, 15) is 14.7 Å². The molecule has 1 heterocycles. The van der Waals surface area contributed by atoms with Crippen molar-refractivity contribution in [1.82, 2.24) is 10.2 Å². The molecule has 1 fully saturated rings. The molecule has 7 nitrogen and oxygen atoms in total. The Balaban J connectivity index is 1.78. The standard InChI is InChI=1S/C19H28N2O5/c1-14(22)13-20-19(24)15-3-5-16(6-4-15)26-17-7-10-21(11-8-17)18(23)9-12-25-2/h3-6,14,17,22H,7-13H2,1-2H3,(H,20,24)/t14-/m1/s1. The lowest BCUT2D eigenvalue weighted by Crippen LogP contribution is -2.42. The van der Waals surface area contributed by atoms with E-state index in [0.717, 1.165) is 12.8 Å². The lowest BCUT2D eigenvalue weighted by atomic mass is 10.1. The molecule has 0 aromatic heterocycles. The summed E-state index contributed by atoms with van der Waals surface area (Å²) >= 11 is 0. The van der Waals surface area contributed by atoms with E-state index >= 15 is 0 Å². The van der Waals surface area contributed by atoms with Gasteiger partial charge in [-0.15, -0.1) is 0 Å². The highest BCUT2D eigenvalue weighted by Crippen LogP contribution is 2.20. The maximum Gasteiger partial charge on any atom is 0.251 e. The molecule has 144 valence electrons. The number of benzene rings is 1. The van der Waals surface area contributed by atoms with Crippen molar-refractivity contribution in [2.45, 2.75) is 38.4 Å².